The van der Waals surface area contributed by atoms with Gasteiger partial charge in [0.2, 0.25) is 0 Å². The molecule has 0 radical (unpaired) electrons. The molecule has 2 N–H and O–H groups in total. The Bertz CT molecular complexity index is 749. The van der Waals surface area contributed by atoms with Crippen molar-refractivity contribution in [2.24, 2.45) is 0 Å². The fourth-order valence-electron chi connectivity index (χ4n) is 2.20. The smallest absolute Gasteiger partial charge is 0.132 e. The molecule has 3 rings (SSSR count). The van der Waals surface area contributed by atoms with Crippen molar-refractivity contribution in [2.75, 3.05) is 5.73 Å². The molecule has 1 aromatic heterocycles. The maximum Gasteiger partial charge on any atom is 0.132 e. The van der Waals surface area contributed by atoms with E-state index in [9.17, 15) is 4.39 Å². The van der Waals surface area contributed by atoms with Crippen LogP contribution in [0, 0.1) is 5.82 Å². The molecule has 0 atom stereocenters. The van der Waals surface area contributed by atoms with Gasteiger partial charge in [-0.3, -0.25) is 0 Å². The Labute approximate surface area is 115 Å². The maximum absolute atomic E-state index is 13.6. The van der Waals surface area contributed by atoms with E-state index in [1.807, 2.05) is 29.0 Å². The molecule has 19 heavy (non-hydrogen) atoms. The molecule has 1 heterocycles. The first-order chi connectivity index (χ1) is 9.15. The van der Waals surface area contributed by atoms with E-state index < -0.39 is 0 Å². The fourth-order valence-corrected chi connectivity index (χ4v) is 2.45. The first-order valence-corrected chi connectivity index (χ1v) is 6.30. The molecule has 2 aromatic carbocycles. The van der Waals surface area contributed by atoms with Gasteiger partial charge in [0.15, 0.2) is 0 Å². The van der Waals surface area contributed by atoms with Crippen molar-refractivity contribution in [3.05, 3.63) is 65.1 Å². The van der Waals surface area contributed by atoms with E-state index in [1.54, 1.807) is 18.2 Å². The summed E-state index contributed by atoms with van der Waals surface area (Å²) in [7, 11) is 0. The molecule has 3 aromatic rings. The molecular weight excluding hydrogens is 263 g/mol. The summed E-state index contributed by atoms with van der Waals surface area (Å²) < 4.78 is 15.6. The van der Waals surface area contributed by atoms with Gasteiger partial charge in [0, 0.05) is 28.8 Å². The van der Waals surface area contributed by atoms with Gasteiger partial charge >= 0.3 is 0 Å². The largest absolute Gasteiger partial charge is 0.399 e. The zero-order chi connectivity index (χ0) is 13.4. The number of fused-ring (bicyclic) bond motifs is 1. The van der Waals surface area contributed by atoms with Crippen LogP contribution in [0.4, 0.5) is 10.1 Å². The Morgan fingerprint density at radius 1 is 1.16 bits per heavy atom. The average molecular weight is 275 g/mol. The number of rotatable bonds is 2. The second-order valence-corrected chi connectivity index (χ2v) is 4.87. The minimum Gasteiger partial charge on any atom is -0.399 e. The van der Waals surface area contributed by atoms with E-state index in [0.29, 0.717) is 22.6 Å². The highest BCUT2D eigenvalue weighted by molar-refractivity contribution is 6.31. The molecule has 0 fully saturated rings. The van der Waals surface area contributed by atoms with E-state index in [-0.39, 0.29) is 5.82 Å². The molecule has 0 bridgehead atoms. The van der Waals surface area contributed by atoms with Crippen LogP contribution >= 0.6 is 11.6 Å². The molecule has 2 nitrogen and oxygen atoms in total. The SMILES string of the molecule is Nc1ccc(Cn2ccc3c(F)cccc32)c(Cl)c1. The van der Waals surface area contributed by atoms with Gasteiger partial charge in [-0.1, -0.05) is 23.7 Å². The lowest BCUT2D eigenvalue weighted by Gasteiger charge is -2.08. The second-order valence-electron chi connectivity index (χ2n) is 4.47. The van der Waals surface area contributed by atoms with Crippen molar-refractivity contribution < 1.29 is 4.39 Å². The molecular formula is C15H12ClFN2. The Kier molecular flexibility index (Phi) is 2.91. The zero-order valence-electron chi connectivity index (χ0n) is 10.1. The van der Waals surface area contributed by atoms with Crippen LogP contribution < -0.4 is 5.73 Å². The number of nitrogens with zero attached hydrogens (tertiary/aromatic N) is 1. The first-order valence-electron chi connectivity index (χ1n) is 5.92. The number of aromatic nitrogens is 1. The summed E-state index contributed by atoms with van der Waals surface area (Å²) >= 11 is 6.16. The third kappa shape index (κ3) is 2.17. The predicted octanol–water partition coefficient (Wildman–Crippen LogP) is 4.06. The normalized spacial score (nSPS) is 11.1. The van der Waals surface area contributed by atoms with Crippen LogP contribution in [0.1, 0.15) is 5.56 Å². The van der Waals surface area contributed by atoms with Gasteiger partial charge in [-0.05, 0) is 35.9 Å². The summed E-state index contributed by atoms with van der Waals surface area (Å²) in [6, 6.07) is 12.3. The monoisotopic (exact) mass is 274 g/mol. The Morgan fingerprint density at radius 2 is 2.00 bits per heavy atom. The number of benzene rings is 2. The van der Waals surface area contributed by atoms with Crippen LogP contribution in [-0.4, -0.2) is 4.57 Å². The van der Waals surface area contributed by atoms with Crippen LogP contribution in [0.2, 0.25) is 5.02 Å². The summed E-state index contributed by atoms with van der Waals surface area (Å²) in [4.78, 5) is 0. The number of hydrogen-bond donors (Lipinski definition) is 1. The molecule has 0 aliphatic heterocycles. The topological polar surface area (TPSA) is 30.9 Å². The van der Waals surface area contributed by atoms with Crippen LogP contribution in [0.3, 0.4) is 0 Å². The van der Waals surface area contributed by atoms with Gasteiger partial charge in [0.25, 0.3) is 0 Å². The van der Waals surface area contributed by atoms with Gasteiger partial charge < -0.3 is 10.3 Å². The van der Waals surface area contributed by atoms with Crippen LogP contribution in [0.15, 0.2) is 48.7 Å². The average Bonchev–Trinajstić information content (AvgIpc) is 2.78. The van der Waals surface area contributed by atoms with Crippen molar-refractivity contribution in [3.63, 3.8) is 0 Å². The highest BCUT2D eigenvalue weighted by Gasteiger charge is 2.07. The van der Waals surface area contributed by atoms with Crippen molar-refractivity contribution in [2.45, 2.75) is 6.54 Å². The van der Waals surface area contributed by atoms with Gasteiger partial charge in [0.1, 0.15) is 5.82 Å². The predicted molar refractivity (Wildman–Crippen MR) is 76.9 cm³/mol. The van der Waals surface area contributed by atoms with Gasteiger partial charge in [-0.25, -0.2) is 4.39 Å². The second kappa shape index (κ2) is 4.59. The summed E-state index contributed by atoms with van der Waals surface area (Å²) in [6.07, 6.45) is 1.86. The van der Waals surface area contributed by atoms with Gasteiger partial charge in [-0.15, -0.1) is 0 Å². The Hall–Kier alpha value is -2.00. The lowest BCUT2D eigenvalue weighted by Crippen LogP contribution is -1.99. The third-order valence-electron chi connectivity index (χ3n) is 3.18. The fraction of sp³-hybridized carbons (Fsp3) is 0.0667. The minimum absolute atomic E-state index is 0.209. The zero-order valence-corrected chi connectivity index (χ0v) is 10.9. The number of anilines is 1. The van der Waals surface area contributed by atoms with Gasteiger partial charge in [-0.2, -0.15) is 0 Å². The lowest BCUT2D eigenvalue weighted by molar-refractivity contribution is 0.639. The molecule has 0 saturated carbocycles. The van der Waals surface area contributed by atoms with Crippen LogP contribution in [-0.2, 0) is 6.54 Å². The quantitative estimate of drug-likeness (QED) is 0.702. The standard InChI is InChI=1S/C15H12ClFN2/c16-13-8-11(18)5-4-10(13)9-19-7-6-12-14(17)2-1-3-15(12)19/h1-8H,9,18H2. The van der Waals surface area contributed by atoms with Crippen molar-refractivity contribution >= 4 is 28.2 Å². The summed E-state index contributed by atoms with van der Waals surface area (Å²) in [5.74, 6) is -0.209. The van der Waals surface area contributed by atoms with E-state index in [2.05, 4.69) is 0 Å². The minimum atomic E-state index is -0.209. The van der Waals surface area contributed by atoms with E-state index in [0.717, 1.165) is 11.1 Å². The van der Waals surface area contributed by atoms with E-state index in [4.69, 9.17) is 17.3 Å². The molecule has 0 unspecified atom stereocenters. The maximum atomic E-state index is 13.6. The summed E-state index contributed by atoms with van der Waals surface area (Å²) in [6.45, 7) is 0.589. The van der Waals surface area contributed by atoms with Crippen molar-refractivity contribution in [3.8, 4) is 0 Å². The Balaban J connectivity index is 2.04. The number of nitrogens with two attached hydrogens (primary N) is 1. The number of halogens is 2. The molecule has 0 aliphatic rings. The van der Waals surface area contributed by atoms with Crippen molar-refractivity contribution in [1.82, 2.24) is 4.57 Å². The number of hydrogen-bond acceptors (Lipinski definition) is 1. The van der Waals surface area contributed by atoms with Crippen LogP contribution in [0.25, 0.3) is 10.9 Å². The first kappa shape index (κ1) is 12.1. The van der Waals surface area contributed by atoms with E-state index >= 15 is 0 Å². The van der Waals surface area contributed by atoms with Crippen LogP contribution in [0.5, 0.6) is 0 Å². The lowest BCUT2D eigenvalue weighted by atomic mass is 10.2. The highest BCUT2D eigenvalue weighted by Crippen LogP contribution is 2.24. The molecule has 0 aliphatic carbocycles. The van der Waals surface area contributed by atoms with Gasteiger partial charge in [0.05, 0.1) is 5.52 Å². The molecule has 96 valence electrons. The third-order valence-corrected chi connectivity index (χ3v) is 3.53. The molecule has 4 heteroatoms. The van der Waals surface area contributed by atoms with Crippen molar-refractivity contribution in [1.29, 1.82) is 0 Å². The molecule has 0 amide bonds. The highest BCUT2D eigenvalue weighted by atomic mass is 35.5. The van der Waals surface area contributed by atoms with E-state index in [1.165, 1.54) is 6.07 Å². The molecule has 0 saturated heterocycles. The Morgan fingerprint density at radius 3 is 2.79 bits per heavy atom. The summed E-state index contributed by atoms with van der Waals surface area (Å²) in [5, 5.41) is 1.24. The summed E-state index contributed by atoms with van der Waals surface area (Å²) in [5.41, 5.74) is 8.12. The molecule has 0 spiro atoms. The number of nitrogen functional groups attached to an aromatic ring is 1.